The summed E-state index contributed by atoms with van der Waals surface area (Å²) >= 11 is 1.14. The molecule has 1 saturated heterocycles. The number of aromatic nitrogens is 1. The molecule has 2 nitrogen and oxygen atoms in total. The van der Waals surface area contributed by atoms with Gasteiger partial charge in [-0.1, -0.05) is 11.8 Å². The van der Waals surface area contributed by atoms with Crippen molar-refractivity contribution in [2.75, 3.05) is 13.2 Å². The molecule has 1 aromatic heterocycles. The van der Waals surface area contributed by atoms with Crippen LogP contribution in [0.1, 0.15) is 12.8 Å². The summed E-state index contributed by atoms with van der Waals surface area (Å²) in [6, 6.07) is 0.532. The molecule has 2 rings (SSSR count). The van der Waals surface area contributed by atoms with Crippen molar-refractivity contribution in [1.29, 1.82) is 0 Å². The third kappa shape index (κ3) is 2.68. The summed E-state index contributed by atoms with van der Waals surface area (Å²) in [7, 11) is 0. The monoisotopic (exact) mass is 249 g/mol. The number of rotatable bonds is 2. The summed E-state index contributed by atoms with van der Waals surface area (Å²) in [5.74, 6) is -3.32. The summed E-state index contributed by atoms with van der Waals surface area (Å²) in [5, 5.41) is 0.0754. The molecule has 16 heavy (non-hydrogen) atoms. The second kappa shape index (κ2) is 5.05. The van der Waals surface area contributed by atoms with E-state index < -0.39 is 17.6 Å². The van der Waals surface area contributed by atoms with Crippen LogP contribution >= 0.6 is 11.8 Å². The van der Waals surface area contributed by atoms with Crippen LogP contribution < -0.4 is 0 Å². The molecule has 0 unspecified atom stereocenters. The Kier molecular flexibility index (Phi) is 3.70. The highest BCUT2D eigenvalue weighted by Crippen LogP contribution is 2.30. The predicted molar refractivity (Wildman–Crippen MR) is 53.8 cm³/mol. The highest BCUT2D eigenvalue weighted by atomic mass is 32.2. The molecule has 0 spiro atoms. The molecule has 0 aliphatic carbocycles. The van der Waals surface area contributed by atoms with Crippen molar-refractivity contribution in [2.24, 2.45) is 0 Å². The molecule has 0 radical (unpaired) electrons. The fraction of sp³-hybridized carbons (Fsp3) is 0.500. The van der Waals surface area contributed by atoms with Gasteiger partial charge in [0.05, 0.1) is 0 Å². The second-order valence-corrected chi connectivity index (χ2v) is 4.77. The lowest BCUT2D eigenvalue weighted by Gasteiger charge is -2.21. The van der Waals surface area contributed by atoms with Gasteiger partial charge in [0.1, 0.15) is 5.03 Å². The normalized spacial score (nSPS) is 17.7. The molecule has 0 bridgehead atoms. The van der Waals surface area contributed by atoms with Gasteiger partial charge in [0.25, 0.3) is 0 Å². The second-order valence-electron chi connectivity index (χ2n) is 3.48. The predicted octanol–water partition coefficient (Wildman–Crippen LogP) is 2.77. The van der Waals surface area contributed by atoms with E-state index in [2.05, 4.69) is 4.98 Å². The Labute approximate surface area is 95.2 Å². The first kappa shape index (κ1) is 11.7. The van der Waals surface area contributed by atoms with E-state index in [0.717, 1.165) is 24.6 Å². The van der Waals surface area contributed by atoms with Gasteiger partial charge in [-0.2, -0.15) is 4.39 Å². The van der Waals surface area contributed by atoms with Crippen LogP contribution in [-0.4, -0.2) is 23.4 Å². The number of ether oxygens (including phenoxy) is 1. The van der Waals surface area contributed by atoms with Gasteiger partial charge in [-0.05, 0) is 12.8 Å². The summed E-state index contributed by atoms with van der Waals surface area (Å²) < 4.78 is 43.9. The van der Waals surface area contributed by atoms with Crippen LogP contribution in [0.3, 0.4) is 0 Å². The largest absolute Gasteiger partial charge is 0.381 e. The van der Waals surface area contributed by atoms with E-state index in [1.165, 1.54) is 0 Å². The van der Waals surface area contributed by atoms with E-state index in [1.54, 1.807) is 0 Å². The molecule has 0 N–H and O–H groups in total. The van der Waals surface area contributed by atoms with E-state index in [0.29, 0.717) is 19.3 Å². The topological polar surface area (TPSA) is 22.1 Å². The Morgan fingerprint density at radius 2 is 1.88 bits per heavy atom. The smallest absolute Gasteiger partial charge is 0.250 e. The quantitative estimate of drug-likeness (QED) is 0.752. The molecular weight excluding hydrogens is 239 g/mol. The van der Waals surface area contributed by atoms with Gasteiger partial charge >= 0.3 is 0 Å². The molecular formula is C10H10F3NOS. The molecule has 88 valence electrons. The van der Waals surface area contributed by atoms with Gasteiger partial charge in [0.15, 0.2) is 11.6 Å². The van der Waals surface area contributed by atoms with Crippen molar-refractivity contribution >= 4 is 11.8 Å². The molecule has 0 aromatic carbocycles. The summed E-state index contributed by atoms with van der Waals surface area (Å²) in [6.45, 7) is 1.23. The zero-order valence-electron chi connectivity index (χ0n) is 8.38. The number of hydrogen-bond donors (Lipinski definition) is 0. The molecule has 1 aromatic rings. The van der Waals surface area contributed by atoms with E-state index in [9.17, 15) is 13.2 Å². The van der Waals surface area contributed by atoms with E-state index >= 15 is 0 Å². The van der Waals surface area contributed by atoms with Crippen LogP contribution in [-0.2, 0) is 4.74 Å². The van der Waals surface area contributed by atoms with Crippen LogP contribution in [0.5, 0.6) is 0 Å². The fourth-order valence-electron chi connectivity index (χ4n) is 1.46. The molecule has 1 fully saturated rings. The first-order valence-electron chi connectivity index (χ1n) is 4.93. The molecule has 0 saturated carbocycles. The molecule has 2 heterocycles. The van der Waals surface area contributed by atoms with Gasteiger partial charge < -0.3 is 4.74 Å². The third-order valence-electron chi connectivity index (χ3n) is 2.30. The minimum atomic E-state index is -1.26. The number of thioether (sulfide) groups is 1. The van der Waals surface area contributed by atoms with Gasteiger partial charge in [-0.15, -0.1) is 0 Å². The Morgan fingerprint density at radius 1 is 1.19 bits per heavy atom. The highest BCUT2D eigenvalue weighted by Gasteiger charge is 2.19. The van der Waals surface area contributed by atoms with Crippen LogP contribution in [0.15, 0.2) is 11.1 Å². The molecule has 1 aliphatic heterocycles. The first-order chi connectivity index (χ1) is 7.66. The van der Waals surface area contributed by atoms with E-state index in [4.69, 9.17) is 4.74 Å². The van der Waals surface area contributed by atoms with Crippen molar-refractivity contribution in [1.82, 2.24) is 4.98 Å². The number of hydrogen-bond acceptors (Lipinski definition) is 3. The van der Waals surface area contributed by atoms with Crippen LogP contribution in [0, 0.1) is 17.6 Å². The van der Waals surface area contributed by atoms with Crippen LogP contribution in [0.2, 0.25) is 0 Å². The van der Waals surface area contributed by atoms with Crippen molar-refractivity contribution in [3.05, 3.63) is 23.6 Å². The van der Waals surface area contributed by atoms with Gasteiger partial charge in [-0.3, -0.25) is 0 Å². The van der Waals surface area contributed by atoms with Gasteiger partial charge in [-0.25, -0.2) is 13.8 Å². The summed E-state index contributed by atoms with van der Waals surface area (Å²) in [5.41, 5.74) is 0. The SMILES string of the molecule is Fc1cc(F)c(SC2CCOCC2)nc1F. The third-order valence-corrected chi connectivity index (χ3v) is 3.62. The molecule has 0 atom stereocenters. The van der Waals surface area contributed by atoms with Crippen LogP contribution in [0.25, 0.3) is 0 Å². The van der Waals surface area contributed by atoms with E-state index in [1.807, 2.05) is 0 Å². The lowest BCUT2D eigenvalue weighted by molar-refractivity contribution is 0.0999. The maximum atomic E-state index is 13.3. The maximum Gasteiger partial charge on any atom is 0.250 e. The zero-order chi connectivity index (χ0) is 11.5. The highest BCUT2D eigenvalue weighted by molar-refractivity contribution is 7.99. The molecule has 6 heteroatoms. The standard InChI is InChI=1S/C10H10F3NOS/c11-7-5-8(12)10(14-9(7)13)16-6-1-3-15-4-2-6/h5-6H,1-4H2. The number of halogens is 3. The van der Waals surface area contributed by atoms with E-state index in [-0.39, 0.29) is 10.3 Å². The number of pyridine rings is 1. The number of nitrogens with zero attached hydrogens (tertiary/aromatic N) is 1. The van der Waals surface area contributed by atoms with Gasteiger partial charge in [0, 0.05) is 24.5 Å². The minimum Gasteiger partial charge on any atom is -0.381 e. The molecule has 1 aliphatic rings. The Bertz CT molecular complexity index is 383. The lowest BCUT2D eigenvalue weighted by atomic mass is 10.2. The first-order valence-corrected chi connectivity index (χ1v) is 5.80. The van der Waals surface area contributed by atoms with Crippen molar-refractivity contribution in [2.45, 2.75) is 23.1 Å². The summed E-state index contributed by atoms with van der Waals surface area (Å²) in [6.07, 6.45) is 1.54. The van der Waals surface area contributed by atoms with Crippen LogP contribution in [0.4, 0.5) is 13.2 Å². The average molecular weight is 249 g/mol. The maximum absolute atomic E-state index is 13.3. The van der Waals surface area contributed by atoms with Crippen molar-refractivity contribution in [3.8, 4) is 0 Å². The Morgan fingerprint density at radius 3 is 2.56 bits per heavy atom. The fourth-order valence-corrected chi connectivity index (χ4v) is 2.51. The summed E-state index contributed by atoms with van der Waals surface area (Å²) in [4.78, 5) is 3.27. The van der Waals surface area contributed by atoms with Crippen molar-refractivity contribution < 1.29 is 17.9 Å². The zero-order valence-corrected chi connectivity index (χ0v) is 9.20. The Hall–Kier alpha value is -0.750. The average Bonchev–Trinajstić information content (AvgIpc) is 2.27. The Balaban J connectivity index is 2.11. The lowest BCUT2D eigenvalue weighted by Crippen LogP contribution is -2.17. The minimum absolute atomic E-state index is 0.0780. The molecule has 0 amide bonds. The van der Waals surface area contributed by atoms with Crippen molar-refractivity contribution in [3.63, 3.8) is 0 Å². The van der Waals surface area contributed by atoms with Gasteiger partial charge in [0.2, 0.25) is 5.95 Å².